The molecule has 0 N–H and O–H groups in total. The fourth-order valence-corrected chi connectivity index (χ4v) is 5.09. The van der Waals surface area contributed by atoms with Crippen LogP contribution in [0.25, 0.3) is 0 Å². The molecule has 1 unspecified atom stereocenters. The van der Waals surface area contributed by atoms with Crippen LogP contribution in [-0.4, -0.2) is 67.2 Å². The molecule has 2 heterocycles. The lowest BCUT2D eigenvalue weighted by Gasteiger charge is -2.39. The summed E-state index contributed by atoms with van der Waals surface area (Å²) in [6.07, 6.45) is 2.43. The third kappa shape index (κ3) is 4.25. The van der Waals surface area contributed by atoms with E-state index in [0.29, 0.717) is 35.2 Å². The summed E-state index contributed by atoms with van der Waals surface area (Å²) in [7, 11) is 3.20. The van der Waals surface area contributed by atoms with E-state index >= 15 is 0 Å². The number of aldehydes is 1. The van der Waals surface area contributed by atoms with Gasteiger partial charge in [-0.1, -0.05) is 37.6 Å². The number of amides is 1. The molecule has 0 radical (unpaired) electrons. The topological polar surface area (TPSA) is 71.4 Å². The summed E-state index contributed by atoms with van der Waals surface area (Å²) in [6.45, 7) is 5.24. The van der Waals surface area contributed by atoms with Gasteiger partial charge in [0.05, 0.1) is 36.6 Å². The van der Waals surface area contributed by atoms with Crippen LogP contribution in [0.3, 0.4) is 0 Å². The Morgan fingerprint density at radius 2 is 1.76 bits per heavy atom. The Morgan fingerprint density at radius 3 is 2.38 bits per heavy atom. The molecular weight excluding hydrogens is 454 g/mol. The lowest BCUT2D eigenvalue weighted by molar-refractivity contribution is -0.115. The van der Waals surface area contributed by atoms with E-state index in [4.69, 9.17) is 26.2 Å². The molecule has 1 saturated heterocycles. The smallest absolute Gasteiger partial charge is 0.255 e. The quantitative estimate of drug-likeness (QED) is 0.573. The van der Waals surface area contributed by atoms with Crippen molar-refractivity contribution in [3.63, 3.8) is 0 Å². The van der Waals surface area contributed by atoms with Crippen molar-refractivity contribution >= 4 is 29.5 Å². The van der Waals surface area contributed by atoms with E-state index in [9.17, 15) is 9.59 Å². The zero-order valence-electron chi connectivity index (χ0n) is 20.0. The van der Waals surface area contributed by atoms with E-state index < -0.39 is 11.5 Å². The number of piperidine rings is 1. The van der Waals surface area contributed by atoms with E-state index in [-0.39, 0.29) is 11.9 Å². The molecule has 0 bridgehead atoms. The number of carbonyl (C=O) groups excluding carboxylic acids is 2. The predicted octanol–water partition coefficient (Wildman–Crippen LogP) is 4.28. The van der Waals surface area contributed by atoms with Gasteiger partial charge in [-0.05, 0) is 43.2 Å². The van der Waals surface area contributed by atoms with Crippen LogP contribution < -0.4 is 9.47 Å². The van der Waals surface area contributed by atoms with Crippen molar-refractivity contribution < 1.29 is 19.1 Å². The number of likely N-dealkylation sites (tertiary alicyclic amines) is 1. The van der Waals surface area contributed by atoms with Crippen molar-refractivity contribution in [2.75, 3.05) is 27.3 Å². The molecule has 2 aliphatic heterocycles. The van der Waals surface area contributed by atoms with Crippen LogP contribution in [0.5, 0.6) is 11.5 Å². The molecule has 2 aromatic rings. The fraction of sp³-hybridized carbons (Fsp3) is 0.423. The molecular formula is C26H30ClN3O4. The first-order valence-corrected chi connectivity index (χ1v) is 11.8. The molecule has 0 aliphatic carbocycles. The standard InChI is InChI=1S/C26H30ClN3O4/c1-26(2)23(16-31)30(28-24(26)17-9-10-21(33-3)22(15-17)34-4)18-11-13-29(14-12-18)25(32)19-7-5-6-8-20(19)27/h5-10,15-16,18,23H,11-14H2,1-4H3. The summed E-state index contributed by atoms with van der Waals surface area (Å²) in [6, 6.07) is 12.5. The van der Waals surface area contributed by atoms with Gasteiger partial charge in [-0.15, -0.1) is 0 Å². The maximum Gasteiger partial charge on any atom is 0.255 e. The van der Waals surface area contributed by atoms with Gasteiger partial charge in [0.25, 0.3) is 5.91 Å². The zero-order chi connectivity index (χ0) is 24.5. The first-order valence-electron chi connectivity index (χ1n) is 11.4. The number of halogens is 1. The van der Waals surface area contributed by atoms with Gasteiger partial charge in [0.2, 0.25) is 0 Å². The average Bonchev–Trinajstić information content (AvgIpc) is 3.13. The first kappa shape index (κ1) is 24.1. The van der Waals surface area contributed by atoms with E-state index in [2.05, 4.69) is 0 Å². The van der Waals surface area contributed by atoms with E-state index in [1.54, 1.807) is 26.4 Å². The molecule has 8 heteroatoms. The first-order chi connectivity index (χ1) is 16.3. The van der Waals surface area contributed by atoms with Crippen LogP contribution in [-0.2, 0) is 4.79 Å². The highest BCUT2D eigenvalue weighted by Gasteiger charge is 2.47. The van der Waals surface area contributed by atoms with Gasteiger partial charge in [-0.3, -0.25) is 9.80 Å². The predicted molar refractivity (Wildman–Crippen MR) is 132 cm³/mol. The minimum absolute atomic E-state index is 0.0578. The van der Waals surface area contributed by atoms with E-state index in [1.165, 1.54) is 0 Å². The Labute approximate surface area is 205 Å². The van der Waals surface area contributed by atoms with Gasteiger partial charge in [-0.2, -0.15) is 5.10 Å². The van der Waals surface area contributed by atoms with Crippen molar-refractivity contribution in [1.82, 2.24) is 9.91 Å². The van der Waals surface area contributed by atoms with Gasteiger partial charge in [0.1, 0.15) is 12.3 Å². The molecule has 180 valence electrons. The monoisotopic (exact) mass is 483 g/mol. The summed E-state index contributed by atoms with van der Waals surface area (Å²) < 4.78 is 10.8. The Hall–Kier alpha value is -3.06. The van der Waals surface area contributed by atoms with Crippen LogP contribution in [0.15, 0.2) is 47.6 Å². The largest absolute Gasteiger partial charge is 0.493 e. The minimum atomic E-state index is -0.494. The maximum atomic E-state index is 12.9. The van der Waals surface area contributed by atoms with Crippen LogP contribution >= 0.6 is 11.6 Å². The van der Waals surface area contributed by atoms with E-state index in [0.717, 1.165) is 30.4 Å². The Kier molecular flexibility index (Phi) is 6.84. The summed E-state index contributed by atoms with van der Waals surface area (Å²) in [5, 5.41) is 7.36. The number of hydrogen-bond acceptors (Lipinski definition) is 6. The second-order valence-electron chi connectivity index (χ2n) is 9.20. The number of benzene rings is 2. The molecule has 2 aliphatic rings. The summed E-state index contributed by atoms with van der Waals surface area (Å²) in [5.41, 5.74) is 1.75. The Balaban J connectivity index is 1.55. The highest BCUT2D eigenvalue weighted by molar-refractivity contribution is 6.33. The molecule has 0 spiro atoms. The molecule has 34 heavy (non-hydrogen) atoms. The van der Waals surface area contributed by atoms with Gasteiger partial charge in [-0.25, -0.2) is 0 Å². The normalized spacial score (nSPS) is 20.1. The summed E-state index contributed by atoms with van der Waals surface area (Å²) in [4.78, 5) is 27.0. The zero-order valence-corrected chi connectivity index (χ0v) is 20.7. The third-order valence-corrected chi connectivity index (χ3v) is 7.20. The lowest BCUT2D eigenvalue weighted by atomic mass is 9.78. The highest BCUT2D eigenvalue weighted by Crippen LogP contribution is 2.40. The van der Waals surface area contributed by atoms with Crippen molar-refractivity contribution in [2.45, 2.75) is 38.8 Å². The second kappa shape index (κ2) is 9.66. The van der Waals surface area contributed by atoms with Gasteiger partial charge in [0.15, 0.2) is 11.5 Å². The van der Waals surface area contributed by atoms with Crippen molar-refractivity contribution in [1.29, 1.82) is 0 Å². The number of hydrazone groups is 1. The van der Waals surface area contributed by atoms with Gasteiger partial charge >= 0.3 is 0 Å². The Morgan fingerprint density at radius 1 is 1.09 bits per heavy atom. The average molecular weight is 484 g/mol. The van der Waals surface area contributed by atoms with Gasteiger partial charge < -0.3 is 19.2 Å². The molecule has 4 rings (SSSR count). The van der Waals surface area contributed by atoms with Gasteiger partial charge in [0, 0.05) is 24.1 Å². The van der Waals surface area contributed by atoms with Crippen LogP contribution in [0, 0.1) is 5.41 Å². The molecule has 1 amide bonds. The van der Waals surface area contributed by atoms with Crippen LogP contribution in [0.2, 0.25) is 5.02 Å². The Bertz CT molecular complexity index is 1110. The van der Waals surface area contributed by atoms with Crippen molar-refractivity contribution in [2.24, 2.45) is 10.5 Å². The molecule has 0 aromatic heterocycles. The summed E-state index contributed by atoms with van der Waals surface area (Å²) >= 11 is 6.23. The number of rotatable bonds is 6. The molecule has 1 fully saturated rings. The molecule has 1 atom stereocenters. The van der Waals surface area contributed by atoms with Crippen LogP contribution in [0.1, 0.15) is 42.6 Å². The van der Waals surface area contributed by atoms with E-state index in [1.807, 2.05) is 54.1 Å². The third-order valence-electron chi connectivity index (χ3n) is 6.87. The highest BCUT2D eigenvalue weighted by atomic mass is 35.5. The molecule has 0 saturated carbocycles. The fourth-order valence-electron chi connectivity index (χ4n) is 4.87. The van der Waals surface area contributed by atoms with Crippen LogP contribution in [0.4, 0.5) is 0 Å². The minimum Gasteiger partial charge on any atom is -0.493 e. The van der Waals surface area contributed by atoms with Crippen molar-refractivity contribution in [3.05, 3.63) is 58.6 Å². The number of ether oxygens (including phenoxy) is 2. The number of methoxy groups -OCH3 is 2. The molecule has 2 aromatic carbocycles. The number of hydrogen-bond donors (Lipinski definition) is 0. The SMILES string of the molecule is COc1ccc(C2=NN(C3CCN(C(=O)c4ccccc4Cl)CC3)C(C=O)C2(C)C)cc1OC. The van der Waals surface area contributed by atoms with Crippen molar-refractivity contribution in [3.8, 4) is 11.5 Å². The molecule has 7 nitrogen and oxygen atoms in total. The second-order valence-corrected chi connectivity index (χ2v) is 9.61. The summed E-state index contributed by atoms with van der Waals surface area (Å²) in [5.74, 6) is 1.19. The number of carbonyl (C=O) groups is 2. The maximum absolute atomic E-state index is 12.9. The lowest BCUT2D eigenvalue weighted by Crippen LogP contribution is -2.50. The number of nitrogens with zero attached hydrogens (tertiary/aromatic N) is 3.